The van der Waals surface area contributed by atoms with Crippen LogP contribution in [0, 0.1) is 11.3 Å². The van der Waals surface area contributed by atoms with Gasteiger partial charge in [-0.25, -0.2) is 4.79 Å². The smallest absolute Gasteiger partial charge is 0.371 e. The van der Waals surface area contributed by atoms with Crippen LogP contribution in [0.3, 0.4) is 0 Å². The molecule has 0 aliphatic carbocycles. The standard InChI is InChI=1S/C8H10N2O4/c9-5-7(10-12)8(11)14-6-1-3-13-4-2-6/h6,12H,1-4H2. The SMILES string of the molecule is N#CC(=NO)C(=O)OC1CCOCC1. The topological polar surface area (TPSA) is 91.9 Å². The van der Waals surface area contributed by atoms with Crippen molar-refractivity contribution in [2.24, 2.45) is 5.16 Å². The predicted molar refractivity (Wildman–Crippen MR) is 44.8 cm³/mol. The number of nitriles is 1. The van der Waals surface area contributed by atoms with Gasteiger partial charge in [0.25, 0.3) is 5.71 Å². The number of carbonyl (C=O) groups excluding carboxylic acids is 1. The Morgan fingerprint density at radius 2 is 2.21 bits per heavy atom. The minimum atomic E-state index is -0.887. The van der Waals surface area contributed by atoms with Crippen molar-refractivity contribution in [1.29, 1.82) is 5.26 Å². The Morgan fingerprint density at radius 3 is 2.71 bits per heavy atom. The third-order valence-electron chi connectivity index (χ3n) is 1.84. The highest BCUT2D eigenvalue weighted by atomic mass is 16.6. The lowest BCUT2D eigenvalue weighted by atomic mass is 10.1. The van der Waals surface area contributed by atoms with E-state index in [0.29, 0.717) is 26.1 Å². The first-order valence-corrected chi connectivity index (χ1v) is 4.19. The molecule has 0 unspecified atom stereocenters. The van der Waals surface area contributed by atoms with Gasteiger partial charge in [0, 0.05) is 12.8 Å². The number of nitrogens with zero attached hydrogens (tertiary/aromatic N) is 2. The second-order valence-electron chi connectivity index (χ2n) is 2.78. The molecule has 0 radical (unpaired) electrons. The number of rotatable bonds is 2. The Balaban J connectivity index is 2.43. The molecule has 6 nitrogen and oxygen atoms in total. The Labute approximate surface area is 80.7 Å². The quantitative estimate of drug-likeness (QED) is 0.293. The van der Waals surface area contributed by atoms with Gasteiger partial charge in [-0.15, -0.1) is 0 Å². The third-order valence-corrected chi connectivity index (χ3v) is 1.84. The zero-order valence-electron chi connectivity index (χ0n) is 7.47. The zero-order valence-corrected chi connectivity index (χ0v) is 7.47. The molecule has 0 atom stereocenters. The molecule has 1 heterocycles. The van der Waals surface area contributed by atoms with E-state index in [1.54, 1.807) is 0 Å². The summed E-state index contributed by atoms with van der Waals surface area (Å²) in [6.45, 7) is 1.08. The molecular formula is C8H10N2O4. The maximum absolute atomic E-state index is 11.1. The van der Waals surface area contributed by atoms with Crippen molar-refractivity contribution in [3.8, 4) is 6.07 Å². The van der Waals surface area contributed by atoms with Gasteiger partial charge < -0.3 is 14.7 Å². The van der Waals surface area contributed by atoms with E-state index in [1.807, 2.05) is 0 Å². The molecular weight excluding hydrogens is 188 g/mol. The fourth-order valence-corrected chi connectivity index (χ4v) is 1.11. The molecule has 0 saturated carbocycles. The number of esters is 1. The lowest BCUT2D eigenvalue weighted by Crippen LogP contribution is -2.29. The van der Waals surface area contributed by atoms with Crippen molar-refractivity contribution in [3.05, 3.63) is 0 Å². The van der Waals surface area contributed by atoms with Crippen LogP contribution in [0.4, 0.5) is 0 Å². The molecule has 6 heteroatoms. The third kappa shape index (κ3) is 2.71. The average molecular weight is 198 g/mol. The van der Waals surface area contributed by atoms with E-state index in [0.717, 1.165) is 0 Å². The van der Waals surface area contributed by atoms with E-state index in [4.69, 9.17) is 19.9 Å². The first-order valence-electron chi connectivity index (χ1n) is 4.19. The second-order valence-corrected chi connectivity index (χ2v) is 2.78. The molecule has 1 rings (SSSR count). The summed E-state index contributed by atoms with van der Waals surface area (Å²) in [7, 11) is 0. The van der Waals surface area contributed by atoms with Crippen LogP contribution >= 0.6 is 0 Å². The summed E-state index contributed by atoms with van der Waals surface area (Å²) in [6, 6.07) is 1.44. The van der Waals surface area contributed by atoms with E-state index >= 15 is 0 Å². The van der Waals surface area contributed by atoms with Crippen LogP contribution in [-0.2, 0) is 14.3 Å². The summed E-state index contributed by atoms with van der Waals surface area (Å²) in [5.74, 6) is -0.887. The van der Waals surface area contributed by atoms with Gasteiger partial charge in [0.2, 0.25) is 0 Å². The summed E-state index contributed by atoms with van der Waals surface area (Å²) in [4.78, 5) is 11.1. The minimum Gasteiger partial charge on any atom is -0.457 e. The number of hydrogen-bond donors (Lipinski definition) is 1. The average Bonchev–Trinajstić information content (AvgIpc) is 2.21. The van der Waals surface area contributed by atoms with Crippen molar-refractivity contribution in [2.75, 3.05) is 13.2 Å². The van der Waals surface area contributed by atoms with Crippen LogP contribution in [-0.4, -0.2) is 36.2 Å². The van der Waals surface area contributed by atoms with E-state index < -0.39 is 11.7 Å². The maximum atomic E-state index is 11.1. The molecule has 1 aliphatic heterocycles. The van der Waals surface area contributed by atoms with Gasteiger partial charge in [0.1, 0.15) is 12.2 Å². The molecule has 0 aromatic rings. The molecule has 1 N–H and O–H groups in total. The highest BCUT2D eigenvalue weighted by Gasteiger charge is 2.21. The van der Waals surface area contributed by atoms with Crippen LogP contribution < -0.4 is 0 Å². The van der Waals surface area contributed by atoms with Crippen LogP contribution in [0.15, 0.2) is 5.16 Å². The van der Waals surface area contributed by atoms with Crippen LogP contribution in [0.2, 0.25) is 0 Å². The normalized spacial score (nSPS) is 18.6. The van der Waals surface area contributed by atoms with Crippen molar-refractivity contribution in [1.82, 2.24) is 0 Å². The monoisotopic (exact) mass is 198 g/mol. The van der Waals surface area contributed by atoms with Gasteiger partial charge in [-0.1, -0.05) is 5.16 Å². The van der Waals surface area contributed by atoms with Gasteiger partial charge in [-0.05, 0) is 0 Å². The van der Waals surface area contributed by atoms with E-state index in [9.17, 15) is 4.79 Å². The Bertz CT molecular complexity index is 276. The Hall–Kier alpha value is -1.61. The lowest BCUT2D eigenvalue weighted by Gasteiger charge is -2.21. The second kappa shape index (κ2) is 5.19. The fourth-order valence-electron chi connectivity index (χ4n) is 1.11. The van der Waals surface area contributed by atoms with E-state index in [1.165, 1.54) is 6.07 Å². The first kappa shape index (κ1) is 10.5. The molecule has 0 aromatic carbocycles. The van der Waals surface area contributed by atoms with Crippen molar-refractivity contribution >= 4 is 11.7 Å². The van der Waals surface area contributed by atoms with Crippen molar-refractivity contribution < 1.29 is 19.5 Å². The van der Waals surface area contributed by atoms with Gasteiger partial charge >= 0.3 is 5.97 Å². The Kier molecular flexibility index (Phi) is 3.88. The summed E-state index contributed by atoms with van der Waals surface area (Å²) in [5, 5.41) is 19.1. The molecule has 0 amide bonds. The van der Waals surface area contributed by atoms with Gasteiger partial charge in [0.05, 0.1) is 13.2 Å². The molecule has 0 spiro atoms. The first-order chi connectivity index (χ1) is 6.77. The molecule has 76 valence electrons. The van der Waals surface area contributed by atoms with Crippen molar-refractivity contribution in [3.63, 3.8) is 0 Å². The summed E-state index contributed by atoms with van der Waals surface area (Å²) < 4.78 is 9.96. The summed E-state index contributed by atoms with van der Waals surface area (Å²) >= 11 is 0. The molecule has 14 heavy (non-hydrogen) atoms. The molecule has 1 aliphatic rings. The molecule has 1 saturated heterocycles. The maximum Gasteiger partial charge on any atom is 0.371 e. The predicted octanol–water partition coefficient (Wildman–Crippen LogP) is 0.0624. The van der Waals surface area contributed by atoms with Crippen LogP contribution in [0.5, 0.6) is 0 Å². The number of hydrogen-bond acceptors (Lipinski definition) is 6. The highest BCUT2D eigenvalue weighted by molar-refractivity contribution is 6.42. The molecule has 1 fully saturated rings. The zero-order chi connectivity index (χ0) is 10.4. The van der Waals surface area contributed by atoms with E-state index in [-0.39, 0.29) is 6.10 Å². The highest BCUT2D eigenvalue weighted by Crippen LogP contribution is 2.10. The Morgan fingerprint density at radius 1 is 1.57 bits per heavy atom. The lowest BCUT2D eigenvalue weighted by molar-refractivity contribution is -0.144. The summed E-state index contributed by atoms with van der Waals surface area (Å²) in [5.41, 5.74) is -0.628. The van der Waals surface area contributed by atoms with E-state index in [2.05, 4.69) is 5.16 Å². The number of carbonyl (C=O) groups is 1. The van der Waals surface area contributed by atoms with Gasteiger partial charge in [0.15, 0.2) is 0 Å². The van der Waals surface area contributed by atoms with Crippen LogP contribution in [0.1, 0.15) is 12.8 Å². The van der Waals surface area contributed by atoms with Gasteiger partial charge in [-0.3, -0.25) is 0 Å². The number of oxime groups is 1. The largest absolute Gasteiger partial charge is 0.457 e. The molecule has 0 bridgehead atoms. The fraction of sp³-hybridized carbons (Fsp3) is 0.625. The van der Waals surface area contributed by atoms with Gasteiger partial charge in [-0.2, -0.15) is 5.26 Å². The molecule has 0 aromatic heterocycles. The van der Waals surface area contributed by atoms with Crippen LogP contribution in [0.25, 0.3) is 0 Å². The minimum absolute atomic E-state index is 0.249. The number of ether oxygens (including phenoxy) is 2. The summed E-state index contributed by atoms with van der Waals surface area (Å²) in [6.07, 6.45) is 0.965. The van der Waals surface area contributed by atoms with Crippen molar-refractivity contribution in [2.45, 2.75) is 18.9 Å².